The largest absolute Gasteiger partial charge is 0.355 e. The standard InChI is InChI=1S/C20H24N4O/c1-20(15-7-3-2-4-8-15)13-16(14-20)21-19(25)17-9-10-18(23-22-17)24-11-5-6-12-24/h2-4,7-10,16H,5-6,11-14H2,1H3,(H,21,25). The smallest absolute Gasteiger partial charge is 0.272 e. The monoisotopic (exact) mass is 336 g/mol. The predicted octanol–water partition coefficient (Wildman–Crippen LogP) is 2.93. The van der Waals surface area contributed by atoms with E-state index in [1.54, 1.807) is 6.07 Å². The van der Waals surface area contributed by atoms with Gasteiger partial charge in [-0.05, 0) is 48.8 Å². The van der Waals surface area contributed by atoms with Crippen molar-refractivity contribution in [3.63, 3.8) is 0 Å². The van der Waals surface area contributed by atoms with Crippen LogP contribution in [0.4, 0.5) is 5.82 Å². The van der Waals surface area contributed by atoms with Crippen molar-refractivity contribution < 1.29 is 4.79 Å². The lowest BCUT2D eigenvalue weighted by atomic mass is 9.63. The van der Waals surface area contributed by atoms with Gasteiger partial charge in [0.2, 0.25) is 0 Å². The normalized spacial score (nSPS) is 25.5. The second-order valence-corrected chi connectivity index (χ2v) is 7.48. The lowest BCUT2D eigenvalue weighted by Crippen LogP contribution is -2.51. The number of nitrogens with one attached hydrogen (secondary N) is 1. The quantitative estimate of drug-likeness (QED) is 0.933. The van der Waals surface area contributed by atoms with Crippen LogP contribution in [0.25, 0.3) is 0 Å². The van der Waals surface area contributed by atoms with Gasteiger partial charge in [-0.25, -0.2) is 0 Å². The number of amides is 1. The zero-order valence-corrected chi connectivity index (χ0v) is 14.6. The first-order valence-electron chi connectivity index (χ1n) is 9.09. The van der Waals surface area contributed by atoms with Crippen LogP contribution in [0.3, 0.4) is 0 Å². The van der Waals surface area contributed by atoms with E-state index >= 15 is 0 Å². The maximum atomic E-state index is 12.4. The summed E-state index contributed by atoms with van der Waals surface area (Å²) in [6.07, 6.45) is 4.32. The molecule has 1 N–H and O–H groups in total. The van der Waals surface area contributed by atoms with Crippen molar-refractivity contribution in [1.29, 1.82) is 0 Å². The van der Waals surface area contributed by atoms with E-state index < -0.39 is 0 Å². The van der Waals surface area contributed by atoms with Crippen LogP contribution in [0, 0.1) is 0 Å². The van der Waals surface area contributed by atoms with E-state index in [1.165, 1.54) is 18.4 Å². The van der Waals surface area contributed by atoms with Crippen LogP contribution in [0.2, 0.25) is 0 Å². The van der Waals surface area contributed by atoms with Gasteiger partial charge in [0.25, 0.3) is 5.91 Å². The molecule has 0 spiro atoms. The Morgan fingerprint density at radius 2 is 1.80 bits per heavy atom. The van der Waals surface area contributed by atoms with Gasteiger partial charge in [-0.2, -0.15) is 0 Å². The molecule has 5 heteroatoms. The van der Waals surface area contributed by atoms with Crippen LogP contribution >= 0.6 is 0 Å². The van der Waals surface area contributed by atoms with Gasteiger partial charge in [0, 0.05) is 19.1 Å². The van der Waals surface area contributed by atoms with Crippen molar-refractivity contribution >= 4 is 11.7 Å². The van der Waals surface area contributed by atoms with Crippen LogP contribution in [0.1, 0.15) is 48.7 Å². The van der Waals surface area contributed by atoms with Crippen LogP contribution in [-0.2, 0) is 5.41 Å². The average Bonchev–Trinajstić information content (AvgIpc) is 3.16. The minimum Gasteiger partial charge on any atom is -0.355 e. The van der Waals surface area contributed by atoms with Crippen LogP contribution in [0.15, 0.2) is 42.5 Å². The summed E-state index contributed by atoms with van der Waals surface area (Å²) in [5, 5.41) is 11.4. The van der Waals surface area contributed by atoms with Crippen molar-refractivity contribution in [3.8, 4) is 0 Å². The fraction of sp³-hybridized carbons (Fsp3) is 0.450. The van der Waals surface area contributed by atoms with Gasteiger partial charge in [-0.1, -0.05) is 37.3 Å². The molecule has 1 saturated carbocycles. The van der Waals surface area contributed by atoms with Crippen LogP contribution in [0.5, 0.6) is 0 Å². The lowest BCUT2D eigenvalue weighted by molar-refractivity contribution is 0.0868. The number of hydrogen-bond donors (Lipinski definition) is 1. The van der Waals surface area contributed by atoms with Crippen molar-refractivity contribution in [2.24, 2.45) is 0 Å². The van der Waals surface area contributed by atoms with E-state index in [0.29, 0.717) is 5.69 Å². The second-order valence-electron chi connectivity index (χ2n) is 7.48. The highest BCUT2D eigenvalue weighted by molar-refractivity contribution is 5.92. The third kappa shape index (κ3) is 3.23. The molecular weight excluding hydrogens is 312 g/mol. The number of benzene rings is 1. The summed E-state index contributed by atoms with van der Waals surface area (Å²) in [5.74, 6) is 0.745. The van der Waals surface area contributed by atoms with Gasteiger partial charge in [0.1, 0.15) is 0 Å². The Balaban J connectivity index is 1.34. The van der Waals surface area contributed by atoms with Gasteiger partial charge in [0.05, 0.1) is 0 Å². The van der Waals surface area contributed by atoms with Crippen LogP contribution < -0.4 is 10.2 Å². The molecule has 1 aliphatic heterocycles. The second kappa shape index (κ2) is 6.47. The molecule has 0 bridgehead atoms. The molecular formula is C20H24N4O. The predicted molar refractivity (Wildman–Crippen MR) is 97.8 cm³/mol. The molecule has 2 fully saturated rings. The molecule has 1 aromatic carbocycles. The number of anilines is 1. The first kappa shape index (κ1) is 16.1. The fourth-order valence-corrected chi connectivity index (χ4v) is 4.03. The van der Waals surface area contributed by atoms with Gasteiger partial charge in [0.15, 0.2) is 11.5 Å². The number of carbonyl (C=O) groups is 1. The van der Waals surface area contributed by atoms with E-state index in [2.05, 4.69) is 51.6 Å². The van der Waals surface area contributed by atoms with Crippen LogP contribution in [-0.4, -0.2) is 35.2 Å². The molecule has 130 valence electrons. The number of nitrogens with zero attached hydrogens (tertiary/aromatic N) is 3. The molecule has 1 aliphatic carbocycles. The summed E-state index contributed by atoms with van der Waals surface area (Å²) in [6, 6.07) is 14.4. The summed E-state index contributed by atoms with van der Waals surface area (Å²) in [4.78, 5) is 14.6. The van der Waals surface area contributed by atoms with E-state index in [1.807, 2.05) is 12.1 Å². The SMILES string of the molecule is CC1(c2ccccc2)CC(NC(=O)c2ccc(N3CCCC3)nn2)C1. The van der Waals surface area contributed by atoms with Gasteiger partial charge in [-0.3, -0.25) is 4.79 Å². The molecule has 0 unspecified atom stereocenters. The first-order chi connectivity index (χ1) is 12.1. The Labute approximate surface area is 148 Å². The van der Waals surface area contributed by atoms with E-state index in [-0.39, 0.29) is 17.4 Å². The van der Waals surface area contributed by atoms with E-state index in [4.69, 9.17) is 0 Å². The summed E-state index contributed by atoms with van der Waals surface area (Å²) in [5.41, 5.74) is 1.90. The highest BCUT2D eigenvalue weighted by Gasteiger charge is 2.42. The zero-order chi connectivity index (χ0) is 17.3. The Kier molecular flexibility index (Phi) is 4.15. The van der Waals surface area contributed by atoms with E-state index in [0.717, 1.165) is 31.7 Å². The molecule has 0 radical (unpaired) electrons. The van der Waals surface area contributed by atoms with Gasteiger partial charge < -0.3 is 10.2 Å². The molecule has 2 aliphatic rings. The number of carbonyl (C=O) groups excluding carboxylic acids is 1. The zero-order valence-electron chi connectivity index (χ0n) is 14.6. The topological polar surface area (TPSA) is 58.1 Å². The molecule has 1 saturated heterocycles. The first-order valence-corrected chi connectivity index (χ1v) is 9.09. The summed E-state index contributed by atoms with van der Waals surface area (Å²) < 4.78 is 0. The third-order valence-electron chi connectivity index (χ3n) is 5.51. The Morgan fingerprint density at radius 1 is 1.08 bits per heavy atom. The van der Waals surface area contributed by atoms with Crippen molar-refractivity contribution in [2.75, 3.05) is 18.0 Å². The molecule has 1 amide bonds. The lowest BCUT2D eigenvalue weighted by Gasteiger charge is -2.46. The number of hydrogen-bond acceptors (Lipinski definition) is 4. The van der Waals surface area contributed by atoms with Crippen molar-refractivity contribution in [3.05, 3.63) is 53.7 Å². The maximum Gasteiger partial charge on any atom is 0.272 e. The molecule has 0 atom stereocenters. The van der Waals surface area contributed by atoms with Crippen molar-refractivity contribution in [1.82, 2.24) is 15.5 Å². The summed E-state index contributed by atoms with van der Waals surface area (Å²) in [7, 11) is 0. The highest BCUT2D eigenvalue weighted by atomic mass is 16.2. The molecule has 1 aromatic heterocycles. The molecule has 4 rings (SSSR count). The fourth-order valence-electron chi connectivity index (χ4n) is 4.03. The maximum absolute atomic E-state index is 12.4. The summed E-state index contributed by atoms with van der Waals surface area (Å²) in [6.45, 7) is 4.32. The number of rotatable bonds is 4. The Bertz CT molecular complexity index is 732. The van der Waals surface area contributed by atoms with E-state index in [9.17, 15) is 4.79 Å². The Morgan fingerprint density at radius 3 is 2.44 bits per heavy atom. The molecule has 5 nitrogen and oxygen atoms in total. The molecule has 2 aromatic rings. The Hall–Kier alpha value is -2.43. The summed E-state index contributed by atoms with van der Waals surface area (Å²) >= 11 is 0. The number of aromatic nitrogens is 2. The highest BCUT2D eigenvalue weighted by Crippen LogP contribution is 2.43. The average molecular weight is 336 g/mol. The van der Waals surface area contributed by atoms with Gasteiger partial charge >= 0.3 is 0 Å². The van der Waals surface area contributed by atoms with Crippen molar-refractivity contribution in [2.45, 2.75) is 44.1 Å². The third-order valence-corrected chi connectivity index (χ3v) is 5.51. The minimum absolute atomic E-state index is 0.124. The molecule has 2 heterocycles. The van der Waals surface area contributed by atoms with Gasteiger partial charge in [-0.15, -0.1) is 10.2 Å². The molecule has 25 heavy (non-hydrogen) atoms. The minimum atomic E-state index is -0.124.